The van der Waals surface area contributed by atoms with Gasteiger partial charge in [-0.3, -0.25) is 4.57 Å². The smallest absolute Gasteiger partial charge is 0.196 e. The maximum Gasteiger partial charge on any atom is 0.196 e. The molecule has 2 aromatic carbocycles. The second kappa shape index (κ2) is 7.27. The van der Waals surface area contributed by atoms with Crippen LogP contribution >= 0.6 is 23.4 Å². The third-order valence-electron chi connectivity index (χ3n) is 3.82. The van der Waals surface area contributed by atoms with E-state index in [0.717, 1.165) is 27.9 Å². The zero-order valence-corrected chi connectivity index (χ0v) is 15.4. The predicted molar refractivity (Wildman–Crippen MR) is 99.8 cm³/mol. The average Bonchev–Trinajstić information content (AvgIpc) is 3.32. The lowest BCUT2D eigenvalue weighted by Crippen LogP contribution is -2.02. The van der Waals surface area contributed by atoms with Crippen LogP contribution in [0.1, 0.15) is 11.4 Å². The lowest BCUT2D eigenvalue weighted by Gasteiger charge is -2.08. The number of rotatable bonds is 5. The van der Waals surface area contributed by atoms with E-state index in [-0.39, 0.29) is 0 Å². The van der Waals surface area contributed by atoms with Crippen LogP contribution in [-0.2, 0) is 5.75 Å². The van der Waals surface area contributed by atoms with E-state index in [1.54, 1.807) is 11.0 Å². The Balaban J connectivity index is 1.57. The number of hydrogen-bond acceptors (Lipinski definition) is 6. The normalized spacial score (nSPS) is 11.0. The molecule has 0 saturated carbocycles. The second-order valence-corrected chi connectivity index (χ2v) is 6.90. The number of thioether (sulfide) groups is 1. The maximum atomic E-state index is 6.24. The van der Waals surface area contributed by atoms with Gasteiger partial charge in [0.15, 0.2) is 11.0 Å². The van der Waals surface area contributed by atoms with Gasteiger partial charge in [-0.15, -0.1) is 15.3 Å². The molecule has 0 N–H and O–H groups in total. The molecule has 0 aliphatic heterocycles. The maximum absolute atomic E-state index is 6.24. The Bertz CT molecular complexity index is 1030. The van der Waals surface area contributed by atoms with Crippen molar-refractivity contribution >= 4 is 23.4 Å². The highest BCUT2D eigenvalue weighted by molar-refractivity contribution is 7.98. The van der Waals surface area contributed by atoms with Crippen LogP contribution in [0.4, 0.5) is 0 Å². The Kier molecular flexibility index (Phi) is 4.68. The molecular weight excluding hydrogens is 370 g/mol. The van der Waals surface area contributed by atoms with Gasteiger partial charge in [-0.1, -0.05) is 47.6 Å². The van der Waals surface area contributed by atoms with Crippen molar-refractivity contribution in [3.63, 3.8) is 0 Å². The molecule has 0 aliphatic carbocycles. The molecule has 0 fully saturated rings. The van der Waals surface area contributed by atoms with Crippen molar-refractivity contribution < 1.29 is 0 Å². The van der Waals surface area contributed by atoms with Gasteiger partial charge in [0.2, 0.25) is 0 Å². The monoisotopic (exact) mass is 383 g/mol. The molecule has 130 valence electrons. The fourth-order valence-electron chi connectivity index (χ4n) is 2.43. The number of benzene rings is 2. The van der Waals surface area contributed by atoms with Crippen LogP contribution in [-0.4, -0.2) is 35.0 Å². The van der Waals surface area contributed by atoms with Crippen LogP contribution in [0.3, 0.4) is 0 Å². The summed E-state index contributed by atoms with van der Waals surface area (Å²) in [5.41, 5.74) is 2.86. The largest absolute Gasteiger partial charge is 0.277 e. The molecule has 0 bridgehead atoms. The van der Waals surface area contributed by atoms with E-state index in [4.69, 9.17) is 11.6 Å². The van der Waals surface area contributed by atoms with Gasteiger partial charge in [-0.2, -0.15) is 4.68 Å². The van der Waals surface area contributed by atoms with Crippen LogP contribution in [0, 0.1) is 6.92 Å². The van der Waals surface area contributed by atoms with Crippen LogP contribution in [0.2, 0.25) is 5.02 Å². The number of para-hydroxylation sites is 1. The summed E-state index contributed by atoms with van der Waals surface area (Å²) in [6, 6.07) is 15.6. The highest BCUT2D eigenvalue weighted by Crippen LogP contribution is 2.25. The molecule has 4 aromatic rings. The van der Waals surface area contributed by atoms with E-state index in [2.05, 4.69) is 25.7 Å². The highest BCUT2D eigenvalue weighted by Gasteiger charge is 2.13. The Morgan fingerprint density at radius 1 is 1.04 bits per heavy atom. The van der Waals surface area contributed by atoms with Crippen molar-refractivity contribution in [3.8, 4) is 11.4 Å². The minimum Gasteiger partial charge on any atom is -0.277 e. The first-order chi connectivity index (χ1) is 12.7. The van der Waals surface area contributed by atoms with Crippen LogP contribution in [0.5, 0.6) is 0 Å². The van der Waals surface area contributed by atoms with Crippen molar-refractivity contribution in [2.75, 3.05) is 0 Å². The number of halogens is 1. The third-order valence-corrected chi connectivity index (χ3v) is 5.16. The lowest BCUT2D eigenvalue weighted by atomic mass is 10.2. The van der Waals surface area contributed by atoms with E-state index < -0.39 is 0 Å². The number of tetrazole rings is 1. The SMILES string of the molecule is Cc1ccc(-n2cnnc2SCc2nnnn2-c2ccccc2)cc1Cl. The highest BCUT2D eigenvalue weighted by atomic mass is 35.5. The average molecular weight is 384 g/mol. The summed E-state index contributed by atoms with van der Waals surface area (Å²) in [5, 5.41) is 21.7. The van der Waals surface area contributed by atoms with Gasteiger partial charge < -0.3 is 0 Å². The van der Waals surface area contributed by atoms with Crippen molar-refractivity contribution in [3.05, 3.63) is 71.3 Å². The van der Waals surface area contributed by atoms with Gasteiger partial charge in [-0.25, -0.2) is 0 Å². The van der Waals surface area contributed by atoms with E-state index >= 15 is 0 Å². The first-order valence-electron chi connectivity index (χ1n) is 7.84. The summed E-state index contributed by atoms with van der Waals surface area (Å²) in [5.74, 6) is 1.29. The third kappa shape index (κ3) is 3.33. The fourth-order valence-corrected chi connectivity index (χ4v) is 3.44. The van der Waals surface area contributed by atoms with E-state index in [1.807, 2.05) is 60.0 Å². The molecule has 4 rings (SSSR count). The molecule has 0 radical (unpaired) electrons. The molecule has 0 amide bonds. The van der Waals surface area contributed by atoms with Crippen LogP contribution in [0.25, 0.3) is 11.4 Å². The summed E-state index contributed by atoms with van der Waals surface area (Å²) in [7, 11) is 0. The molecule has 26 heavy (non-hydrogen) atoms. The lowest BCUT2D eigenvalue weighted by molar-refractivity contribution is 0.777. The van der Waals surface area contributed by atoms with Crippen molar-refractivity contribution in [2.24, 2.45) is 0 Å². The standard InChI is InChI=1S/C17H14ClN7S/c1-12-7-8-14(9-15(12)18)24-11-19-21-17(24)26-10-16-20-22-23-25(16)13-5-3-2-4-6-13/h2-9,11H,10H2,1H3. The van der Waals surface area contributed by atoms with Gasteiger partial charge in [0.05, 0.1) is 17.1 Å². The molecular formula is C17H14ClN7S. The number of hydrogen-bond donors (Lipinski definition) is 0. The summed E-state index contributed by atoms with van der Waals surface area (Å²) >= 11 is 7.75. The molecule has 0 aliphatic rings. The van der Waals surface area contributed by atoms with E-state index in [1.165, 1.54) is 11.8 Å². The van der Waals surface area contributed by atoms with Crippen molar-refractivity contribution in [1.82, 2.24) is 35.0 Å². The first kappa shape index (κ1) is 16.7. The zero-order chi connectivity index (χ0) is 17.9. The quantitative estimate of drug-likeness (QED) is 0.491. The fraction of sp³-hybridized carbons (Fsp3) is 0.118. The summed E-state index contributed by atoms with van der Waals surface area (Å²) < 4.78 is 3.61. The van der Waals surface area contributed by atoms with Crippen molar-refractivity contribution in [2.45, 2.75) is 17.8 Å². The van der Waals surface area contributed by atoms with Gasteiger partial charge in [-0.05, 0) is 47.2 Å². The zero-order valence-electron chi connectivity index (χ0n) is 13.8. The molecule has 7 nitrogen and oxygen atoms in total. The number of aromatic nitrogens is 7. The minimum atomic E-state index is 0.556. The summed E-state index contributed by atoms with van der Waals surface area (Å²) in [6.45, 7) is 1.97. The summed E-state index contributed by atoms with van der Waals surface area (Å²) in [6.07, 6.45) is 1.67. The molecule has 2 aromatic heterocycles. The number of nitrogens with zero attached hydrogens (tertiary/aromatic N) is 7. The van der Waals surface area contributed by atoms with E-state index in [9.17, 15) is 0 Å². The molecule has 0 atom stereocenters. The summed E-state index contributed by atoms with van der Waals surface area (Å²) in [4.78, 5) is 0. The predicted octanol–water partition coefficient (Wildman–Crippen LogP) is 3.50. The van der Waals surface area contributed by atoms with Gasteiger partial charge >= 0.3 is 0 Å². The molecule has 0 saturated heterocycles. The number of aryl methyl sites for hydroxylation is 1. The Morgan fingerprint density at radius 3 is 2.69 bits per heavy atom. The Hall–Kier alpha value is -2.71. The second-order valence-electron chi connectivity index (χ2n) is 5.55. The van der Waals surface area contributed by atoms with Gasteiger partial charge in [0.25, 0.3) is 0 Å². The first-order valence-corrected chi connectivity index (χ1v) is 9.21. The Morgan fingerprint density at radius 2 is 1.88 bits per heavy atom. The van der Waals surface area contributed by atoms with Crippen LogP contribution in [0.15, 0.2) is 60.0 Å². The Labute approximate surface area is 159 Å². The minimum absolute atomic E-state index is 0.556. The topological polar surface area (TPSA) is 74.3 Å². The molecule has 2 heterocycles. The van der Waals surface area contributed by atoms with Gasteiger partial charge in [0, 0.05) is 5.02 Å². The molecule has 0 unspecified atom stereocenters. The van der Waals surface area contributed by atoms with Gasteiger partial charge in [0.1, 0.15) is 6.33 Å². The van der Waals surface area contributed by atoms with E-state index in [0.29, 0.717) is 10.8 Å². The van der Waals surface area contributed by atoms with Crippen molar-refractivity contribution in [1.29, 1.82) is 0 Å². The molecule has 9 heteroatoms. The van der Waals surface area contributed by atoms with Crippen LogP contribution < -0.4 is 0 Å². The molecule has 0 spiro atoms.